The average Bonchev–Trinajstić information content (AvgIpc) is 2.58. The Morgan fingerprint density at radius 1 is 1.32 bits per heavy atom. The molecule has 0 bridgehead atoms. The second-order valence-electron chi connectivity index (χ2n) is 6.91. The molecule has 7 heteroatoms. The van der Waals surface area contributed by atoms with Crippen molar-refractivity contribution in [2.24, 2.45) is 10.7 Å². The minimum Gasteiger partial charge on any atom is -0.444 e. The molecule has 1 atom stereocenters. The lowest BCUT2D eigenvalue weighted by atomic mass is 10.1. The first-order valence-corrected chi connectivity index (χ1v) is 8.52. The Balaban J connectivity index is 2.05. The fourth-order valence-corrected chi connectivity index (χ4v) is 2.45. The van der Waals surface area contributed by atoms with Gasteiger partial charge in [-0.25, -0.2) is 4.79 Å². The van der Waals surface area contributed by atoms with Gasteiger partial charge < -0.3 is 25.4 Å². The highest BCUT2D eigenvalue weighted by Crippen LogP contribution is 2.15. The van der Waals surface area contributed by atoms with Gasteiger partial charge in [0.05, 0.1) is 25.8 Å². The lowest BCUT2D eigenvalue weighted by Gasteiger charge is -2.28. The van der Waals surface area contributed by atoms with Crippen molar-refractivity contribution in [3.05, 3.63) is 35.9 Å². The summed E-state index contributed by atoms with van der Waals surface area (Å²) in [5, 5.41) is 2.88. The van der Waals surface area contributed by atoms with Crippen LogP contribution in [0.15, 0.2) is 35.3 Å². The fraction of sp³-hybridized carbons (Fsp3) is 0.556. The molecule has 1 fully saturated rings. The van der Waals surface area contributed by atoms with Gasteiger partial charge in [-0.05, 0) is 26.3 Å². The summed E-state index contributed by atoms with van der Waals surface area (Å²) in [7, 11) is 0. The van der Waals surface area contributed by atoms with Crippen LogP contribution in [0.1, 0.15) is 32.4 Å². The number of nitrogens with two attached hydrogens (primary N) is 1. The second kappa shape index (κ2) is 8.71. The summed E-state index contributed by atoms with van der Waals surface area (Å²) < 4.78 is 10.7. The molecule has 1 aliphatic heterocycles. The van der Waals surface area contributed by atoms with Gasteiger partial charge in [0.15, 0.2) is 5.96 Å². The predicted octanol–water partition coefficient (Wildman–Crippen LogP) is 1.90. The zero-order valence-corrected chi connectivity index (χ0v) is 15.2. The highest BCUT2D eigenvalue weighted by Gasteiger charge is 2.21. The molecule has 0 saturated carbocycles. The Morgan fingerprint density at radius 3 is 2.56 bits per heavy atom. The van der Waals surface area contributed by atoms with Crippen molar-refractivity contribution in [2.75, 3.05) is 32.8 Å². The minimum atomic E-state index is -0.554. The standard InChI is InChI=1S/C18H28N4O3/c1-18(2,3)25-17(23)21-15(14-7-5-4-6-8-14)13-20-16(19)22-9-11-24-12-10-22/h4-8,15H,9-13H2,1-3H3,(H2,19,20)(H,21,23). The van der Waals surface area contributed by atoms with Crippen LogP contribution in [0.2, 0.25) is 0 Å². The number of carbonyl (C=O) groups is 1. The van der Waals surface area contributed by atoms with Gasteiger partial charge in [-0.1, -0.05) is 30.3 Å². The van der Waals surface area contributed by atoms with E-state index in [1.54, 1.807) is 0 Å². The van der Waals surface area contributed by atoms with Crippen molar-refractivity contribution in [3.8, 4) is 0 Å². The summed E-state index contributed by atoms with van der Waals surface area (Å²) in [6.07, 6.45) is -0.471. The molecule has 1 amide bonds. The summed E-state index contributed by atoms with van der Waals surface area (Å²) >= 11 is 0. The van der Waals surface area contributed by atoms with Crippen molar-refractivity contribution >= 4 is 12.1 Å². The van der Waals surface area contributed by atoms with E-state index in [2.05, 4.69) is 10.3 Å². The average molecular weight is 348 g/mol. The molecule has 1 aliphatic rings. The summed E-state index contributed by atoms with van der Waals surface area (Å²) in [4.78, 5) is 18.6. The van der Waals surface area contributed by atoms with Crippen LogP contribution in [0.5, 0.6) is 0 Å². The monoisotopic (exact) mass is 348 g/mol. The van der Waals surface area contributed by atoms with Crippen LogP contribution in [0.25, 0.3) is 0 Å². The Hall–Kier alpha value is -2.28. The molecule has 3 N–H and O–H groups in total. The number of alkyl carbamates (subject to hydrolysis) is 1. The number of amides is 1. The Labute approximate surface area is 149 Å². The van der Waals surface area contributed by atoms with Gasteiger partial charge in [-0.15, -0.1) is 0 Å². The molecule has 1 unspecified atom stereocenters. The van der Waals surface area contributed by atoms with Crippen LogP contribution in [0.4, 0.5) is 4.79 Å². The Morgan fingerprint density at radius 2 is 1.96 bits per heavy atom. The van der Waals surface area contributed by atoms with Crippen LogP contribution in [0, 0.1) is 0 Å². The van der Waals surface area contributed by atoms with E-state index >= 15 is 0 Å². The lowest BCUT2D eigenvalue weighted by molar-refractivity contribution is 0.0505. The van der Waals surface area contributed by atoms with Gasteiger partial charge in [0, 0.05) is 13.1 Å². The van der Waals surface area contributed by atoms with Gasteiger partial charge in [0.1, 0.15) is 5.60 Å². The van der Waals surface area contributed by atoms with Crippen LogP contribution in [-0.4, -0.2) is 55.4 Å². The topological polar surface area (TPSA) is 89.2 Å². The first-order chi connectivity index (χ1) is 11.8. The maximum absolute atomic E-state index is 12.1. The fourth-order valence-electron chi connectivity index (χ4n) is 2.45. The van der Waals surface area contributed by atoms with Gasteiger partial charge in [0.2, 0.25) is 0 Å². The van der Waals surface area contributed by atoms with E-state index in [0.29, 0.717) is 25.7 Å². The van der Waals surface area contributed by atoms with Crippen LogP contribution in [-0.2, 0) is 9.47 Å². The van der Waals surface area contributed by atoms with Gasteiger partial charge >= 0.3 is 6.09 Å². The number of rotatable bonds is 4. The van der Waals surface area contributed by atoms with E-state index < -0.39 is 11.7 Å². The van der Waals surface area contributed by atoms with E-state index in [1.165, 1.54) is 0 Å². The van der Waals surface area contributed by atoms with Crippen molar-refractivity contribution in [1.82, 2.24) is 10.2 Å². The molecule has 0 spiro atoms. The van der Waals surface area contributed by atoms with Crippen molar-refractivity contribution in [1.29, 1.82) is 0 Å². The number of nitrogens with zero attached hydrogens (tertiary/aromatic N) is 2. The molecule has 1 saturated heterocycles. The number of benzene rings is 1. The molecule has 138 valence electrons. The van der Waals surface area contributed by atoms with E-state index in [4.69, 9.17) is 15.2 Å². The number of morpholine rings is 1. The molecule has 0 radical (unpaired) electrons. The van der Waals surface area contributed by atoms with E-state index in [-0.39, 0.29) is 6.04 Å². The Kier molecular flexibility index (Phi) is 6.64. The SMILES string of the molecule is CC(C)(C)OC(=O)NC(CN=C(N)N1CCOCC1)c1ccccc1. The third-order valence-corrected chi connectivity index (χ3v) is 3.66. The molecule has 1 aromatic rings. The highest BCUT2D eigenvalue weighted by atomic mass is 16.6. The normalized spacial score (nSPS) is 17.1. The Bertz CT molecular complexity index is 578. The van der Waals surface area contributed by atoms with Crippen LogP contribution < -0.4 is 11.1 Å². The molecular weight excluding hydrogens is 320 g/mol. The molecule has 2 rings (SSSR count). The second-order valence-corrected chi connectivity index (χ2v) is 6.91. The van der Waals surface area contributed by atoms with Gasteiger partial charge in [-0.2, -0.15) is 0 Å². The molecule has 1 aromatic carbocycles. The smallest absolute Gasteiger partial charge is 0.408 e. The lowest BCUT2D eigenvalue weighted by Crippen LogP contribution is -2.45. The number of aliphatic imine (C=N–C) groups is 1. The highest BCUT2D eigenvalue weighted by molar-refractivity contribution is 5.78. The van der Waals surface area contributed by atoms with E-state index in [1.807, 2.05) is 56.0 Å². The number of guanidine groups is 1. The number of ether oxygens (including phenoxy) is 2. The van der Waals surface area contributed by atoms with Crippen LogP contribution >= 0.6 is 0 Å². The molecule has 1 heterocycles. The minimum absolute atomic E-state index is 0.310. The third kappa shape index (κ3) is 6.62. The van der Waals surface area contributed by atoms with Gasteiger partial charge in [0.25, 0.3) is 0 Å². The summed E-state index contributed by atoms with van der Waals surface area (Å²) in [5.74, 6) is 0.468. The zero-order valence-electron chi connectivity index (χ0n) is 15.2. The third-order valence-electron chi connectivity index (χ3n) is 3.66. The zero-order chi connectivity index (χ0) is 18.3. The van der Waals surface area contributed by atoms with E-state index in [0.717, 1.165) is 18.7 Å². The molecule has 0 aliphatic carbocycles. The van der Waals surface area contributed by atoms with Crippen LogP contribution in [0.3, 0.4) is 0 Å². The molecular formula is C18H28N4O3. The molecule has 7 nitrogen and oxygen atoms in total. The van der Waals surface area contributed by atoms with E-state index in [9.17, 15) is 4.79 Å². The maximum Gasteiger partial charge on any atom is 0.408 e. The van der Waals surface area contributed by atoms with Crippen molar-refractivity contribution in [2.45, 2.75) is 32.4 Å². The quantitative estimate of drug-likeness (QED) is 0.641. The first kappa shape index (κ1) is 19.1. The molecule has 0 aromatic heterocycles. The molecule has 25 heavy (non-hydrogen) atoms. The maximum atomic E-state index is 12.1. The van der Waals surface area contributed by atoms with Crippen molar-refractivity contribution < 1.29 is 14.3 Å². The summed E-state index contributed by atoms with van der Waals surface area (Å²) in [6, 6.07) is 9.36. The predicted molar refractivity (Wildman–Crippen MR) is 97.4 cm³/mol. The largest absolute Gasteiger partial charge is 0.444 e. The number of hydrogen-bond acceptors (Lipinski definition) is 4. The first-order valence-electron chi connectivity index (χ1n) is 8.52. The number of carbonyl (C=O) groups excluding carboxylic acids is 1. The number of hydrogen-bond donors (Lipinski definition) is 2. The van der Waals surface area contributed by atoms with Crippen molar-refractivity contribution in [3.63, 3.8) is 0 Å². The number of nitrogens with one attached hydrogen (secondary N) is 1. The summed E-state index contributed by atoms with van der Waals surface area (Å²) in [6.45, 7) is 8.58. The van der Waals surface area contributed by atoms with Gasteiger partial charge in [-0.3, -0.25) is 4.99 Å². The summed E-state index contributed by atoms with van der Waals surface area (Å²) in [5.41, 5.74) is 6.48.